The Morgan fingerprint density at radius 2 is 1.85 bits per heavy atom. The average Bonchev–Trinajstić information content (AvgIpc) is 3.28. The molecule has 0 aliphatic rings. The van der Waals surface area contributed by atoms with E-state index in [1.54, 1.807) is 10.9 Å². The van der Waals surface area contributed by atoms with Gasteiger partial charge in [0, 0.05) is 0 Å². The highest BCUT2D eigenvalue weighted by atomic mass is 16.1. The van der Waals surface area contributed by atoms with Crippen LogP contribution in [0, 0.1) is 13.8 Å². The molecular weight excluding hydrogens is 414 g/mol. The normalized spacial score (nSPS) is 12.3. The molecule has 5 aromatic rings. The van der Waals surface area contributed by atoms with Crippen molar-refractivity contribution in [1.29, 1.82) is 0 Å². The molecule has 2 aromatic carbocycles. The Bertz CT molecular complexity index is 1500. The fourth-order valence-corrected chi connectivity index (χ4v) is 4.24. The minimum Gasteiger partial charge on any atom is -0.358 e. The van der Waals surface area contributed by atoms with Crippen LogP contribution in [0.2, 0.25) is 0 Å². The number of anilines is 1. The SMILES string of the molecule is CCCC(Nc1nc(C)nc2[nH]cnc12)c1nc2cccc(C)c2c(=O)n1-c1ccccc1. The zero-order chi connectivity index (χ0) is 22.9. The second kappa shape index (κ2) is 8.46. The van der Waals surface area contributed by atoms with Crippen molar-refractivity contribution in [3.8, 4) is 5.69 Å². The summed E-state index contributed by atoms with van der Waals surface area (Å²) in [5, 5.41) is 4.16. The molecule has 3 aromatic heterocycles. The fourth-order valence-electron chi connectivity index (χ4n) is 4.24. The molecule has 1 unspecified atom stereocenters. The van der Waals surface area contributed by atoms with Crippen molar-refractivity contribution in [1.82, 2.24) is 29.5 Å². The molecule has 0 fully saturated rings. The predicted molar refractivity (Wildman–Crippen MR) is 130 cm³/mol. The summed E-state index contributed by atoms with van der Waals surface area (Å²) >= 11 is 0. The topological polar surface area (TPSA) is 101 Å². The molecular formula is C25H25N7O. The van der Waals surface area contributed by atoms with E-state index in [9.17, 15) is 4.79 Å². The number of nitrogens with zero attached hydrogens (tertiary/aromatic N) is 5. The molecule has 0 aliphatic heterocycles. The summed E-state index contributed by atoms with van der Waals surface area (Å²) in [7, 11) is 0. The van der Waals surface area contributed by atoms with E-state index >= 15 is 0 Å². The largest absolute Gasteiger partial charge is 0.358 e. The summed E-state index contributed by atoms with van der Waals surface area (Å²) in [4.78, 5) is 35.3. The van der Waals surface area contributed by atoms with Crippen LogP contribution in [0.4, 0.5) is 5.82 Å². The number of para-hydroxylation sites is 1. The first kappa shape index (κ1) is 20.8. The third-order valence-corrected chi connectivity index (χ3v) is 5.74. The molecule has 3 heterocycles. The van der Waals surface area contributed by atoms with Crippen molar-refractivity contribution in [2.75, 3.05) is 5.32 Å². The first-order chi connectivity index (χ1) is 16.1. The fraction of sp³-hybridized carbons (Fsp3) is 0.240. The number of rotatable bonds is 6. The van der Waals surface area contributed by atoms with E-state index < -0.39 is 0 Å². The highest BCUT2D eigenvalue weighted by Crippen LogP contribution is 2.28. The van der Waals surface area contributed by atoms with Gasteiger partial charge in [0.15, 0.2) is 11.5 Å². The third kappa shape index (κ3) is 3.73. The van der Waals surface area contributed by atoms with Crippen molar-refractivity contribution in [2.45, 2.75) is 39.7 Å². The lowest BCUT2D eigenvalue weighted by molar-refractivity contribution is 0.615. The molecule has 5 rings (SSSR count). The highest BCUT2D eigenvalue weighted by molar-refractivity contribution is 5.83. The van der Waals surface area contributed by atoms with Crippen molar-refractivity contribution in [3.63, 3.8) is 0 Å². The molecule has 0 saturated heterocycles. The van der Waals surface area contributed by atoms with Gasteiger partial charge in [0.05, 0.1) is 29.0 Å². The zero-order valence-electron chi connectivity index (χ0n) is 18.8. The Labute approximate surface area is 190 Å². The second-order valence-electron chi connectivity index (χ2n) is 8.12. The van der Waals surface area contributed by atoms with Crippen molar-refractivity contribution in [3.05, 3.63) is 82.4 Å². The first-order valence-corrected chi connectivity index (χ1v) is 11.1. The number of aromatic amines is 1. The van der Waals surface area contributed by atoms with Gasteiger partial charge in [-0.05, 0) is 44.0 Å². The Kier molecular flexibility index (Phi) is 5.34. The summed E-state index contributed by atoms with van der Waals surface area (Å²) in [6.07, 6.45) is 3.25. The number of H-pyrrole nitrogens is 1. The summed E-state index contributed by atoms with van der Waals surface area (Å²) in [5.41, 5.74) is 3.63. The highest BCUT2D eigenvalue weighted by Gasteiger charge is 2.23. The number of aryl methyl sites for hydroxylation is 2. The van der Waals surface area contributed by atoms with E-state index in [2.05, 4.69) is 32.2 Å². The van der Waals surface area contributed by atoms with Gasteiger partial charge in [-0.25, -0.2) is 19.9 Å². The van der Waals surface area contributed by atoms with Crippen LogP contribution in [0.5, 0.6) is 0 Å². The van der Waals surface area contributed by atoms with Crippen LogP contribution in [-0.2, 0) is 0 Å². The first-order valence-electron chi connectivity index (χ1n) is 11.1. The standard InChI is InChI=1S/C25H25N7O/c1-4-9-19(30-23-21-22(27-14-26-21)28-16(3)29-23)24-31-18-13-8-10-15(2)20(18)25(33)32(24)17-11-6-5-7-12-17/h5-8,10-14,19H,4,9H2,1-3H3,(H2,26,27,28,29,30). The van der Waals surface area contributed by atoms with Crippen LogP contribution in [0.3, 0.4) is 0 Å². The number of fused-ring (bicyclic) bond motifs is 2. The Balaban J connectivity index is 1.75. The summed E-state index contributed by atoms with van der Waals surface area (Å²) < 4.78 is 1.72. The number of aromatic nitrogens is 6. The maximum Gasteiger partial charge on any atom is 0.266 e. The van der Waals surface area contributed by atoms with Crippen molar-refractivity contribution >= 4 is 27.9 Å². The molecule has 0 amide bonds. The molecule has 166 valence electrons. The van der Waals surface area contributed by atoms with Crippen molar-refractivity contribution < 1.29 is 0 Å². The van der Waals surface area contributed by atoms with Gasteiger partial charge in [-0.2, -0.15) is 0 Å². The molecule has 1 atom stereocenters. The maximum atomic E-state index is 13.8. The minimum absolute atomic E-state index is 0.0778. The molecule has 2 N–H and O–H groups in total. The van der Waals surface area contributed by atoms with E-state index in [4.69, 9.17) is 4.98 Å². The molecule has 0 radical (unpaired) electrons. The van der Waals surface area contributed by atoms with E-state index in [-0.39, 0.29) is 11.6 Å². The van der Waals surface area contributed by atoms with E-state index in [0.717, 1.165) is 24.1 Å². The van der Waals surface area contributed by atoms with Crippen LogP contribution >= 0.6 is 0 Å². The average molecular weight is 440 g/mol. The van der Waals surface area contributed by atoms with Crippen LogP contribution in [0.15, 0.2) is 59.7 Å². The molecule has 0 saturated carbocycles. The van der Waals surface area contributed by atoms with Gasteiger partial charge in [0.25, 0.3) is 5.56 Å². The number of hydrogen-bond acceptors (Lipinski definition) is 6. The van der Waals surface area contributed by atoms with Gasteiger partial charge >= 0.3 is 0 Å². The number of imidazole rings is 1. The Hall–Kier alpha value is -4.07. The lowest BCUT2D eigenvalue weighted by Gasteiger charge is -2.23. The van der Waals surface area contributed by atoms with Crippen LogP contribution in [0.1, 0.15) is 43.0 Å². The third-order valence-electron chi connectivity index (χ3n) is 5.74. The number of benzene rings is 2. The lowest BCUT2D eigenvalue weighted by atomic mass is 10.1. The van der Waals surface area contributed by atoms with Crippen LogP contribution in [0.25, 0.3) is 27.8 Å². The molecule has 0 aliphatic carbocycles. The Morgan fingerprint density at radius 1 is 1.03 bits per heavy atom. The summed E-state index contributed by atoms with van der Waals surface area (Å²) in [5.74, 6) is 1.90. The van der Waals surface area contributed by atoms with Gasteiger partial charge in [-0.3, -0.25) is 9.36 Å². The molecule has 8 heteroatoms. The quantitative estimate of drug-likeness (QED) is 0.400. The van der Waals surface area contributed by atoms with Gasteiger partial charge in [0.1, 0.15) is 17.2 Å². The molecule has 8 nitrogen and oxygen atoms in total. The summed E-state index contributed by atoms with van der Waals surface area (Å²) in [6.45, 7) is 5.90. The van der Waals surface area contributed by atoms with Crippen LogP contribution in [-0.4, -0.2) is 29.5 Å². The molecule has 0 bridgehead atoms. The van der Waals surface area contributed by atoms with Gasteiger partial charge in [0.2, 0.25) is 0 Å². The molecule has 0 spiro atoms. The number of hydrogen-bond donors (Lipinski definition) is 2. The lowest BCUT2D eigenvalue weighted by Crippen LogP contribution is -2.29. The van der Waals surface area contributed by atoms with Crippen LogP contribution < -0.4 is 10.9 Å². The zero-order valence-corrected chi connectivity index (χ0v) is 18.8. The van der Waals surface area contributed by atoms with Gasteiger partial charge in [-0.15, -0.1) is 0 Å². The van der Waals surface area contributed by atoms with E-state index in [0.29, 0.717) is 39.5 Å². The second-order valence-corrected chi connectivity index (χ2v) is 8.12. The maximum absolute atomic E-state index is 13.8. The van der Waals surface area contributed by atoms with Gasteiger partial charge in [-0.1, -0.05) is 43.7 Å². The van der Waals surface area contributed by atoms with E-state index in [1.807, 2.05) is 62.4 Å². The van der Waals surface area contributed by atoms with Gasteiger partial charge < -0.3 is 10.3 Å². The smallest absolute Gasteiger partial charge is 0.266 e. The number of nitrogens with one attached hydrogen (secondary N) is 2. The summed E-state index contributed by atoms with van der Waals surface area (Å²) in [6, 6.07) is 15.2. The Morgan fingerprint density at radius 3 is 2.64 bits per heavy atom. The monoisotopic (exact) mass is 439 g/mol. The van der Waals surface area contributed by atoms with Crippen molar-refractivity contribution in [2.24, 2.45) is 0 Å². The predicted octanol–water partition coefficient (Wildman–Crippen LogP) is 4.62. The van der Waals surface area contributed by atoms with E-state index in [1.165, 1.54) is 0 Å². The minimum atomic E-state index is -0.262. The molecule has 33 heavy (non-hydrogen) atoms.